The van der Waals surface area contributed by atoms with E-state index in [4.69, 9.17) is 22.1 Å². The first-order valence-corrected chi connectivity index (χ1v) is 7.12. The summed E-state index contributed by atoms with van der Waals surface area (Å²) in [6.07, 6.45) is 0. The lowest BCUT2D eigenvalue weighted by Gasteiger charge is -2.35. The van der Waals surface area contributed by atoms with E-state index in [-0.39, 0.29) is 6.04 Å². The Hall–Kier alpha value is -1.30. The largest absolute Gasteiger partial charge is 0.379 e. The van der Waals surface area contributed by atoms with E-state index in [0.717, 1.165) is 31.3 Å². The predicted molar refractivity (Wildman–Crippen MR) is 82.1 cm³/mol. The van der Waals surface area contributed by atoms with Crippen LogP contribution in [0.2, 0.25) is 5.02 Å². The first-order valence-electron chi connectivity index (χ1n) is 6.74. The second-order valence-electron chi connectivity index (χ2n) is 4.71. The quantitative estimate of drug-likeness (QED) is 0.648. The SMILES string of the molecule is CN=C(N)NCC(c1cccc(Cl)c1)N1CCOCC1. The third kappa shape index (κ3) is 4.10. The summed E-state index contributed by atoms with van der Waals surface area (Å²) in [5.74, 6) is 0.449. The zero-order valence-corrected chi connectivity index (χ0v) is 12.4. The normalized spacial score (nSPS) is 18.8. The van der Waals surface area contributed by atoms with Gasteiger partial charge in [0.15, 0.2) is 5.96 Å². The summed E-state index contributed by atoms with van der Waals surface area (Å²) in [6, 6.07) is 8.16. The molecule has 3 N–H and O–H groups in total. The van der Waals surface area contributed by atoms with Gasteiger partial charge in [-0.15, -0.1) is 0 Å². The molecule has 0 radical (unpaired) electrons. The van der Waals surface area contributed by atoms with Crippen LogP contribution in [0.3, 0.4) is 0 Å². The Morgan fingerprint density at radius 3 is 2.90 bits per heavy atom. The second-order valence-corrected chi connectivity index (χ2v) is 5.15. The minimum atomic E-state index is 0.206. The van der Waals surface area contributed by atoms with Crippen LogP contribution in [0.25, 0.3) is 0 Å². The first kappa shape index (κ1) is 15.1. The van der Waals surface area contributed by atoms with Gasteiger partial charge in [0, 0.05) is 31.7 Å². The molecule has 0 aliphatic carbocycles. The molecule has 1 aliphatic heterocycles. The Labute approximate surface area is 124 Å². The third-order valence-corrected chi connectivity index (χ3v) is 3.67. The molecule has 1 heterocycles. The van der Waals surface area contributed by atoms with Gasteiger partial charge in [-0.3, -0.25) is 9.89 Å². The lowest BCUT2D eigenvalue weighted by molar-refractivity contribution is 0.0170. The van der Waals surface area contributed by atoms with Crippen LogP contribution < -0.4 is 11.1 Å². The molecule has 0 spiro atoms. The van der Waals surface area contributed by atoms with Crippen LogP contribution >= 0.6 is 11.6 Å². The molecule has 110 valence electrons. The Morgan fingerprint density at radius 2 is 2.25 bits per heavy atom. The molecule has 5 nitrogen and oxygen atoms in total. The molecule has 0 bridgehead atoms. The fraction of sp³-hybridized carbons (Fsp3) is 0.500. The fourth-order valence-corrected chi connectivity index (χ4v) is 2.54. The molecule has 1 saturated heterocycles. The highest BCUT2D eigenvalue weighted by atomic mass is 35.5. The van der Waals surface area contributed by atoms with Gasteiger partial charge >= 0.3 is 0 Å². The predicted octanol–water partition coefficient (Wildman–Crippen LogP) is 1.25. The van der Waals surface area contributed by atoms with Gasteiger partial charge in [0.2, 0.25) is 0 Å². The van der Waals surface area contributed by atoms with E-state index in [1.165, 1.54) is 5.56 Å². The molecule has 1 atom stereocenters. The molecule has 0 saturated carbocycles. The lowest BCUT2D eigenvalue weighted by atomic mass is 10.0. The number of halogens is 1. The summed E-state index contributed by atoms with van der Waals surface area (Å²) in [7, 11) is 1.67. The van der Waals surface area contributed by atoms with E-state index in [1.54, 1.807) is 7.05 Å². The molecular weight excluding hydrogens is 276 g/mol. The maximum atomic E-state index is 6.11. The van der Waals surface area contributed by atoms with Crippen LogP contribution in [0.5, 0.6) is 0 Å². The number of morpholine rings is 1. The molecule has 20 heavy (non-hydrogen) atoms. The molecule has 1 aromatic carbocycles. The topological polar surface area (TPSA) is 62.9 Å². The van der Waals surface area contributed by atoms with Gasteiger partial charge in [-0.05, 0) is 17.7 Å². The van der Waals surface area contributed by atoms with Crippen molar-refractivity contribution in [2.24, 2.45) is 10.7 Å². The summed E-state index contributed by atoms with van der Waals surface area (Å²) in [4.78, 5) is 6.31. The molecule has 2 rings (SSSR count). The highest BCUT2D eigenvalue weighted by Gasteiger charge is 2.22. The van der Waals surface area contributed by atoms with E-state index in [0.29, 0.717) is 12.5 Å². The molecule has 1 fully saturated rings. The van der Waals surface area contributed by atoms with Crippen molar-refractivity contribution in [2.45, 2.75) is 6.04 Å². The summed E-state index contributed by atoms with van der Waals surface area (Å²) in [6.45, 7) is 4.02. The second kappa shape index (κ2) is 7.47. The first-order chi connectivity index (χ1) is 9.70. The number of rotatable bonds is 4. The molecule has 0 aromatic heterocycles. The van der Waals surface area contributed by atoms with E-state index < -0.39 is 0 Å². The van der Waals surface area contributed by atoms with Gasteiger partial charge in [0.25, 0.3) is 0 Å². The molecule has 1 unspecified atom stereocenters. The van der Waals surface area contributed by atoms with E-state index >= 15 is 0 Å². The number of nitrogens with two attached hydrogens (primary N) is 1. The van der Waals surface area contributed by atoms with E-state index in [9.17, 15) is 0 Å². The fourth-order valence-electron chi connectivity index (χ4n) is 2.34. The van der Waals surface area contributed by atoms with Crippen molar-refractivity contribution < 1.29 is 4.74 Å². The number of nitrogens with zero attached hydrogens (tertiary/aromatic N) is 2. The Kier molecular flexibility index (Phi) is 5.64. The van der Waals surface area contributed by atoms with Crippen molar-refractivity contribution in [2.75, 3.05) is 39.9 Å². The standard InChI is InChI=1S/C14H21ClN4O/c1-17-14(16)18-10-13(19-5-7-20-8-6-19)11-3-2-4-12(15)9-11/h2-4,9,13H,5-8,10H2,1H3,(H3,16,17,18). The number of aliphatic imine (C=N–C) groups is 1. The molecule has 1 aliphatic rings. The van der Waals surface area contributed by atoms with Crippen LogP contribution in [0.15, 0.2) is 29.3 Å². The van der Waals surface area contributed by atoms with Gasteiger partial charge < -0.3 is 15.8 Å². The third-order valence-electron chi connectivity index (χ3n) is 3.44. The van der Waals surface area contributed by atoms with Gasteiger partial charge in [0.05, 0.1) is 19.3 Å². The van der Waals surface area contributed by atoms with Crippen LogP contribution in [0.1, 0.15) is 11.6 Å². The zero-order valence-electron chi connectivity index (χ0n) is 11.7. The van der Waals surface area contributed by atoms with Crippen LogP contribution in [-0.4, -0.2) is 50.8 Å². The van der Waals surface area contributed by atoms with E-state index in [1.807, 2.05) is 18.2 Å². The average molecular weight is 297 g/mol. The average Bonchev–Trinajstić information content (AvgIpc) is 2.48. The van der Waals surface area contributed by atoms with Crippen molar-refractivity contribution >= 4 is 17.6 Å². The number of hydrogen-bond donors (Lipinski definition) is 2. The van der Waals surface area contributed by atoms with Crippen LogP contribution in [-0.2, 0) is 4.74 Å². The monoisotopic (exact) mass is 296 g/mol. The summed E-state index contributed by atoms with van der Waals surface area (Å²) in [5, 5.41) is 3.90. The van der Waals surface area contributed by atoms with Gasteiger partial charge in [-0.2, -0.15) is 0 Å². The van der Waals surface area contributed by atoms with Gasteiger partial charge in [-0.1, -0.05) is 23.7 Å². The number of nitrogens with one attached hydrogen (secondary N) is 1. The number of hydrogen-bond acceptors (Lipinski definition) is 3. The molecule has 1 aromatic rings. The summed E-state index contributed by atoms with van der Waals surface area (Å²) in [5.41, 5.74) is 6.91. The van der Waals surface area contributed by atoms with Crippen molar-refractivity contribution in [3.8, 4) is 0 Å². The van der Waals surface area contributed by atoms with Gasteiger partial charge in [0.1, 0.15) is 0 Å². The minimum absolute atomic E-state index is 0.206. The van der Waals surface area contributed by atoms with E-state index in [2.05, 4.69) is 21.3 Å². The lowest BCUT2D eigenvalue weighted by Crippen LogP contribution is -2.45. The number of ether oxygens (including phenoxy) is 1. The van der Waals surface area contributed by atoms with Crippen LogP contribution in [0.4, 0.5) is 0 Å². The smallest absolute Gasteiger partial charge is 0.188 e. The number of guanidine groups is 1. The molecular formula is C14H21ClN4O. The highest BCUT2D eigenvalue weighted by Crippen LogP contribution is 2.23. The zero-order chi connectivity index (χ0) is 14.4. The van der Waals surface area contributed by atoms with Crippen molar-refractivity contribution in [1.82, 2.24) is 10.2 Å². The highest BCUT2D eigenvalue weighted by molar-refractivity contribution is 6.30. The van der Waals surface area contributed by atoms with Crippen molar-refractivity contribution in [3.05, 3.63) is 34.9 Å². The van der Waals surface area contributed by atoms with Crippen LogP contribution in [0, 0.1) is 0 Å². The summed E-state index contributed by atoms with van der Waals surface area (Å²) < 4.78 is 5.42. The maximum absolute atomic E-state index is 6.11. The Morgan fingerprint density at radius 1 is 1.50 bits per heavy atom. The van der Waals surface area contributed by atoms with Crippen molar-refractivity contribution in [1.29, 1.82) is 0 Å². The molecule has 0 amide bonds. The van der Waals surface area contributed by atoms with Gasteiger partial charge in [-0.25, -0.2) is 0 Å². The van der Waals surface area contributed by atoms with Crippen molar-refractivity contribution in [3.63, 3.8) is 0 Å². The minimum Gasteiger partial charge on any atom is -0.379 e. The Balaban J connectivity index is 2.14. The molecule has 6 heteroatoms. The number of benzene rings is 1. The summed E-state index contributed by atoms with van der Waals surface area (Å²) >= 11 is 6.11. The maximum Gasteiger partial charge on any atom is 0.188 e. The Bertz CT molecular complexity index is 460.